The van der Waals surface area contributed by atoms with Crippen LogP contribution in [0.5, 0.6) is 0 Å². The molecule has 0 fully saturated rings. The smallest absolute Gasteiger partial charge is 0.267 e. The molecule has 0 aromatic carbocycles. The van der Waals surface area contributed by atoms with Crippen LogP contribution in [0.1, 0.15) is 5.69 Å². The Kier molecular flexibility index (Phi) is 2.78. The Morgan fingerprint density at radius 3 is 2.87 bits per heavy atom. The van der Waals surface area contributed by atoms with Gasteiger partial charge in [0.1, 0.15) is 5.15 Å². The molecule has 0 atom stereocenters. The van der Waals surface area contributed by atoms with Gasteiger partial charge in [-0.2, -0.15) is 5.10 Å². The molecule has 0 unspecified atom stereocenters. The van der Waals surface area contributed by atoms with E-state index in [-0.39, 0.29) is 5.56 Å². The second-order valence-electron chi connectivity index (χ2n) is 2.97. The van der Waals surface area contributed by atoms with Gasteiger partial charge in [0.15, 0.2) is 0 Å². The van der Waals surface area contributed by atoms with Crippen LogP contribution in [0.15, 0.2) is 41.3 Å². The van der Waals surface area contributed by atoms with Crippen molar-refractivity contribution in [2.75, 3.05) is 0 Å². The molecule has 76 valence electrons. The van der Waals surface area contributed by atoms with Crippen molar-refractivity contribution in [3.05, 3.63) is 57.7 Å². The lowest BCUT2D eigenvalue weighted by Gasteiger charge is -2.02. The van der Waals surface area contributed by atoms with Crippen LogP contribution < -0.4 is 5.56 Å². The molecule has 0 aliphatic heterocycles. The molecule has 2 aromatic heterocycles. The van der Waals surface area contributed by atoms with Gasteiger partial charge < -0.3 is 0 Å². The lowest BCUT2D eigenvalue weighted by atomic mass is 10.3. The van der Waals surface area contributed by atoms with Crippen LogP contribution in [0.4, 0.5) is 0 Å². The van der Waals surface area contributed by atoms with Crippen molar-refractivity contribution >= 4 is 11.6 Å². The summed E-state index contributed by atoms with van der Waals surface area (Å²) in [5.74, 6) is 0. The van der Waals surface area contributed by atoms with Crippen molar-refractivity contribution < 1.29 is 0 Å². The van der Waals surface area contributed by atoms with Gasteiger partial charge in [-0.05, 0) is 18.2 Å². The van der Waals surface area contributed by atoms with Crippen molar-refractivity contribution in [1.82, 2.24) is 14.8 Å². The molecule has 4 nitrogen and oxygen atoms in total. The molecule has 0 saturated carbocycles. The zero-order valence-electron chi connectivity index (χ0n) is 7.80. The van der Waals surface area contributed by atoms with Gasteiger partial charge in [0.2, 0.25) is 0 Å². The summed E-state index contributed by atoms with van der Waals surface area (Å²) < 4.78 is 1.28. The van der Waals surface area contributed by atoms with E-state index in [4.69, 9.17) is 11.6 Å². The highest BCUT2D eigenvalue weighted by Crippen LogP contribution is 2.00. The van der Waals surface area contributed by atoms with Crippen LogP contribution >= 0.6 is 11.6 Å². The number of aromatic nitrogens is 3. The standard InChI is InChI=1S/C10H8ClN3O/c11-9-4-5-10(15)14(13-9)7-8-3-1-2-6-12-8/h1-6H,7H2. The van der Waals surface area contributed by atoms with Crippen molar-refractivity contribution in [3.63, 3.8) is 0 Å². The molecule has 0 radical (unpaired) electrons. The minimum absolute atomic E-state index is 0.190. The average molecular weight is 222 g/mol. The van der Waals surface area contributed by atoms with Crippen LogP contribution in [0.2, 0.25) is 5.15 Å². The quantitative estimate of drug-likeness (QED) is 0.769. The number of rotatable bonds is 2. The summed E-state index contributed by atoms with van der Waals surface area (Å²) in [6.45, 7) is 0.334. The fraction of sp³-hybridized carbons (Fsp3) is 0.100. The first-order chi connectivity index (χ1) is 7.25. The number of halogens is 1. The summed E-state index contributed by atoms with van der Waals surface area (Å²) in [5.41, 5.74) is 0.583. The van der Waals surface area contributed by atoms with Crippen molar-refractivity contribution in [2.45, 2.75) is 6.54 Å². The molecule has 0 spiro atoms. The van der Waals surface area contributed by atoms with E-state index in [9.17, 15) is 4.79 Å². The molecule has 0 aliphatic carbocycles. The van der Waals surface area contributed by atoms with Gasteiger partial charge in [0, 0.05) is 12.3 Å². The van der Waals surface area contributed by atoms with Crippen LogP contribution in [0.25, 0.3) is 0 Å². The summed E-state index contributed by atoms with van der Waals surface area (Å²) in [5, 5.41) is 4.19. The minimum atomic E-state index is -0.190. The van der Waals surface area contributed by atoms with Crippen LogP contribution in [0, 0.1) is 0 Å². The van der Waals surface area contributed by atoms with Crippen LogP contribution in [0.3, 0.4) is 0 Å². The van der Waals surface area contributed by atoms with Crippen molar-refractivity contribution in [2.24, 2.45) is 0 Å². The molecular formula is C10H8ClN3O. The van der Waals surface area contributed by atoms with E-state index >= 15 is 0 Å². The molecule has 0 N–H and O–H groups in total. The molecule has 0 amide bonds. The molecule has 15 heavy (non-hydrogen) atoms. The van der Waals surface area contributed by atoms with Crippen LogP contribution in [-0.2, 0) is 6.54 Å². The van der Waals surface area contributed by atoms with Crippen LogP contribution in [-0.4, -0.2) is 14.8 Å². The SMILES string of the molecule is O=c1ccc(Cl)nn1Cc1ccccn1. The zero-order valence-corrected chi connectivity index (χ0v) is 8.55. The Bertz CT molecular complexity index is 510. The summed E-state index contributed by atoms with van der Waals surface area (Å²) in [6.07, 6.45) is 1.67. The number of hydrogen-bond donors (Lipinski definition) is 0. The molecule has 0 saturated heterocycles. The second kappa shape index (κ2) is 4.23. The average Bonchev–Trinajstić information content (AvgIpc) is 2.25. The Balaban J connectivity index is 2.32. The molecule has 2 aromatic rings. The number of hydrogen-bond acceptors (Lipinski definition) is 3. The Hall–Kier alpha value is -1.68. The minimum Gasteiger partial charge on any atom is -0.268 e. The van der Waals surface area contributed by atoms with E-state index in [1.54, 1.807) is 6.20 Å². The highest BCUT2D eigenvalue weighted by molar-refractivity contribution is 6.29. The lowest BCUT2D eigenvalue weighted by molar-refractivity contribution is 0.628. The highest BCUT2D eigenvalue weighted by Gasteiger charge is 2.00. The van der Waals surface area contributed by atoms with Crippen molar-refractivity contribution in [1.29, 1.82) is 0 Å². The first-order valence-corrected chi connectivity index (χ1v) is 4.77. The maximum absolute atomic E-state index is 11.4. The van der Waals surface area contributed by atoms with E-state index in [1.165, 1.54) is 16.8 Å². The third-order valence-corrected chi connectivity index (χ3v) is 2.07. The molecule has 5 heteroatoms. The van der Waals surface area contributed by atoms with Gasteiger partial charge in [0.05, 0.1) is 12.2 Å². The van der Waals surface area contributed by atoms with Gasteiger partial charge in [-0.1, -0.05) is 17.7 Å². The monoisotopic (exact) mass is 221 g/mol. The fourth-order valence-electron chi connectivity index (χ4n) is 1.18. The first-order valence-electron chi connectivity index (χ1n) is 4.39. The van der Waals surface area contributed by atoms with E-state index < -0.39 is 0 Å². The molecule has 0 bridgehead atoms. The Morgan fingerprint density at radius 1 is 1.27 bits per heavy atom. The summed E-state index contributed by atoms with van der Waals surface area (Å²) >= 11 is 5.69. The normalized spacial score (nSPS) is 10.2. The molecular weight excluding hydrogens is 214 g/mol. The first kappa shape index (κ1) is 9.86. The van der Waals surface area contributed by atoms with Gasteiger partial charge >= 0.3 is 0 Å². The highest BCUT2D eigenvalue weighted by atomic mass is 35.5. The third kappa shape index (κ3) is 2.41. The van der Waals surface area contributed by atoms with E-state index in [2.05, 4.69) is 10.1 Å². The summed E-state index contributed by atoms with van der Waals surface area (Å²) in [4.78, 5) is 15.5. The number of nitrogens with zero attached hydrogens (tertiary/aromatic N) is 3. The van der Waals surface area contributed by atoms with Gasteiger partial charge in [0.25, 0.3) is 5.56 Å². The maximum atomic E-state index is 11.4. The molecule has 2 rings (SSSR count). The fourth-order valence-corrected chi connectivity index (χ4v) is 1.34. The predicted octanol–water partition coefficient (Wildman–Crippen LogP) is 1.34. The van der Waals surface area contributed by atoms with Gasteiger partial charge in [-0.15, -0.1) is 0 Å². The second-order valence-corrected chi connectivity index (χ2v) is 3.36. The van der Waals surface area contributed by atoms with E-state index in [0.717, 1.165) is 5.69 Å². The van der Waals surface area contributed by atoms with E-state index in [1.807, 2.05) is 18.2 Å². The molecule has 0 aliphatic rings. The summed E-state index contributed by atoms with van der Waals surface area (Å²) in [6, 6.07) is 8.36. The Morgan fingerprint density at radius 2 is 2.13 bits per heavy atom. The van der Waals surface area contributed by atoms with E-state index in [0.29, 0.717) is 11.7 Å². The summed E-state index contributed by atoms with van der Waals surface area (Å²) in [7, 11) is 0. The Labute approximate surface area is 91.2 Å². The largest absolute Gasteiger partial charge is 0.268 e. The zero-order chi connectivity index (χ0) is 10.7. The van der Waals surface area contributed by atoms with Gasteiger partial charge in [-0.25, -0.2) is 4.68 Å². The molecule has 2 heterocycles. The third-order valence-electron chi connectivity index (χ3n) is 1.87. The predicted molar refractivity (Wildman–Crippen MR) is 56.8 cm³/mol. The van der Waals surface area contributed by atoms with Crippen molar-refractivity contribution in [3.8, 4) is 0 Å². The number of pyridine rings is 1. The maximum Gasteiger partial charge on any atom is 0.267 e. The topological polar surface area (TPSA) is 47.8 Å². The van der Waals surface area contributed by atoms with Gasteiger partial charge in [-0.3, -0.25) is 9.78 Å². The lowest BCUT2D eigenvalue weighted by Crippen LogP contribution is -2.22.